The molecule has 0 saturated heterocycles. The third kappa shape index (κ3) is 11.1. The molecule has 3 aliphatic rings. The first-order valence-corrected chi connectivity index (χ1v) is 29.8. The minimum Gasteiger partial charge on any atom is -0.457 e. The van der Waals surface area contributed by atoms with Gasteiger partial charge in [-0.05, 0) is 148 Å². The van der Waals surface area contributed by atoms with E-state index in [1.54, 1.807) is 6.20 Å². The number of nitrogens with one attached hydrogen (secondary N) is 2. The molecule has 0 unspecified atom stereocenters. The Morgan fingerprint density at radius 1 is 0.540 bits per heavy atom. The maximum atomic E-state index is 9.54. The van der Waals surface area contributed by atoms with Gasteiger partial charge in [-0.3, -0.25) is 4.57 Å². The van der Waals surface area contributed by atoms with Crippen molar-refractivity contribution in [3.05, 3.63) is 325 Å². The van der Waals surface area contributed by atoms with Gasteiger partial charge >= 0.3 is 0 Å². The van der Waals surface area contributed by atoms with Crippen molar-refractivity contribution in [3.63, 3.8) is 0 Å². The van der Waals surface area contributed by atoms with Gasteiger partial charge in [-0.2, -0.15) is 0 Å². The zero-order valence-corrected chi connectivity index (χ0v) is 49.5. The van der Waals surface area contributed by atoms with Crippen LogP contribution in [0, 0.1) is 0 Å². The number of fused-ring (bicyclic) bond motifs is 4. The molecule has 5 heterocycles. The molecule has 422 valence electrons. The highest BCUT2D eigenvalue weighted by Crippen LogP contribution is 2.51. The lowest BCUT2D eigenvalue weighted by Gasteiger charge is -2.32. The average Bonchev–Trinajstić information content (AvgIpc) is 1.65. The number of anilines is 4. The molecule has 8 aromatic carbocycles. The molecular weight excluding hydrogens is 1060 g/mol. The van der Waals surface area contributed by atoms with Crippen LogP contribution in [-0.2, 0) is 5.41 Å². The minimum atomic E-state index is -0.624. The van der Waals surface area contributed by atoms with Crippen molar-refractivity contribution in [2.24, 2.45) is 0 Å². The van der Waals surface area contributed by atoms with Crippen molar-refractivity contribution in [2.75, 3.05) is 16.5 Å². The summed E-state index contributed by atoms with van der Waals surface area (Å²) in [6, 6.07) is 58.3. The molecule has 0 saturated carbocycles. The van der Waals surface area contributed by atoms with Crippen molar-refractivity contribution in [3.8, 4) is 28.4 Å². The summed E-state index contributed by atoms with van der Waals surface area (Å²) >= 11 is 0. The van der Waals surface area contributed by atoms with E-state index in [2.05, 4.69) is 227 Å². The van der Waals surface area contributed by atoms with Crippen LogP contribution in [0.25, 0.3) is 49.7 Å². The third-order valence-electron chi connectivity index (χ3n) is 16.7. The molecule has 10 aromatic rings. The molecule has 0 spiro atoms. The van der Waals surface area contributed by atoms with Crippen LogP contribution in [-0.4, -0.2) is 30.8 Å². The Morgan fingerprint density at radius 2 is 1.14 bits per heavy atom. The Labute approximate surface area is 519 Å². The summed E-state index contributed by atoms with van der Waals surface area (Å²) in [5.41, 5.74) is 16.4. The highest BCUT2D eigenvalue weighted by Gasteiger charge is 2.34. The minimum absolute atomic E-state index is 0.123. The predicted molar refractivity (Wildman–Crippen MR) is 368 cm³/mol. The van der Waals surface area contributed by atoms with Gasteiger partial charge in [-0.15, -0.1) is 12.0 Å². The first-order chi connectivity index (χ1) is 44.4. The lowest BCUT2D eigenvalue weighted by Crippen LogP contribution is -2.26. The number of hydrogen-bond donors (Lipinski definition) is 2. The third-order valence-corrected chi connectivity index (χ3v) is 16.7. The van der Waals surface area contributed by atoms with Gasteiger partial charge in [0.25, 0.3) is 0 Å². The summed E-state index contributed by atoms with van der Waals surface area (Å²) in [7, 11) is 4.34. The molecule has 2 radical (unpaired) electrons. The fourth-order valence-electron chi connectivity index (χ4n) is 12.4. The largest absolute Gasteiger partial charge is 0.457 e. The molecule has 9 heteroatoms. The number of pyridine rings is 1. The smallest absolute Gasteiger partial charge is 0.182 e. The number of para-hydroxylation sites is 4. The first kappa shape index (κ1) is 51.2. The Morgan fingerprint density at radius 3 is 1.78 bits per heavy atom. The topological polar surface area (TPSA) is 57.6 Å². The van der Waals surface area contributed by atoms with E-state index in [1.807, 2.05) is 102 Å². The second-order valence-corrected chi connectivity index (χ2v) is 22.7. The molecule has 0 aliphatic carbocycles. The summed E-state index contributed by atoms with van der Waals surface area (Å²) in [4.78, 5) is 9.86. The molecule has 0 atom stereocenters. The molecule has 0 amide bonds. The maximum absolute atomic E-state index is 9.54. The van der Waals surface area contributed by atoms with Gasteiger partial charge in [0.1, 0.15) is 24.0 Å². The fourth-order valence-corrected chi connectivity index (χ4v) is 12.4. The van der Waals surface area contributed by atoms with Crippen LogP contribution in [0.2, 0.25) is 0 Å². The molecule has 2 aromatic heterocycles. The van der Waals surface area contributed by atoms with Gasteiger partial charge in [0, 0.05) is 65.0 Å². The average molecular weight is 1130 g/mol. The number of rotatable bonds is 13. The van der Waals surface area contributed by atoms with Gasteiger partial charge in [0.2, 0.25) is 0 Å². The van der Waals surface area contributed by atoms with Crippen molar-refractivity contribution in [2.45, 2.75) is 51.9 Å². The second-order valence-electron chi connectivity index (χ2n) is 22.7. The Bertz CT molecular complexity index is 4560. The van der Waals surface area contributed by atoms with Gasteiger partial charge in [0.05, 0.1) is 33.6 Å². The van der Waals surface area contributed by atoms with Crippen LogP contribution in [0.4, 0.5) is 22.7 Å². The molecule has 7 nitrogen and oxygen atoms in total. The monoisotopic (exact) mass is 1130 g/mol. The number of ether oxygens (including phenoxy) is 1. The van der Waals surface area contributed by atoms with Gasteiger partial charge < -0.3 is 25.2 Å². The number of hydrogen-bond acceptors (Lipinski definition) is 6. The molecule has 0 bridgehead atoms. The Kier molecular flexibility index (Phi) is 14.6. The first-order valence-electron chi connectivity index (χ1n) is 31.8. The van der Waals surface area contributed by atoms with Crippen LogP contribution in [0.5, 0.6) is 11.5 Å². The summed E-state index contributed by atoms with van der Waals surface area (Å²) in [5.74, 6) is 6.20. The zero-order chi connectivity index (χ0) is 62.8. The van der Waals surface area contributed by atoms with Crippen LogP contribution < -0.4 is 25.2 Å². The van der Waals surface area contributed by atoms with Gasteiger partial charge in [-0.25, -0.2) is 4.98 Å². The van der Waals surface area contributed by atoms with E-state index in [4.69, 9.17) is 12.5 Å². The van der Waals surface area contributed by atoms with E-state index in [1.165, 1.54) is 16.7 Å². The van der Waals surface area contributed by atoms with E-state index in [0.29, 0.717) is 45.8 Å². The Hall–Kier alpha value is -10.2. The molecule has 3 aliphatic heterocycles. The van der Waals surface area contributed by atoms with Crippen molar-refractivity contribution < 1.29 is 10.2 Å². The van der Waals surface area contributed by atoms with E-state index in [-0.39, 0.29) is 36.0 Å². The summed E-state index contributed by atoms with van der Waals surface area (Å²) in [6.07, 6.45) is 25.9. The lowest BCUT2D eigenvalue weighted by atomic mass is 9.63. The maximum Gasteiger partial charge on any atom is 0.182 e. The SMILES string of the molecule is [2H]c1c([2H])c([2H])c2c(c1[2H])c1ccc(Oc3cc(-c4c(C(C)C)cccc4C(C)C)cc(N4CN(c5c(/C6=C/C=C\N/C=C\C=C/[B]6)cccc5/C5=C/C=C\N/C=C\C=C/[B]5)c5ccccc54)c3)cc1n2-c1cc(C(C)(c2ccccc2)c2ccccc2)ccn1. The number of nitrogens with zero attached hydrogens (tertiary/aromatic N) is 4. The Balaban J connectivity index is 0.994. The van der Waals surface area contributed by atoms with E-state index in [0.717, 1.165) is 67.1 Å². The van der Waals surface area contributed by atoms with E-state index >= 15 is 0 Å². The summed E-state index contributed by atoms with van der Waals surface area (Å²) in [5, 5.41) is 7.55. The van der Waals surface area contributed by atoms with E-state index < -0.39 is 5.41 Å². The van der Waals surface area contributed by atoms with Crippen molar-refractivity contribution >= 4 is 70.1 Å². The van der Waals surface area contributed by atoms with Crippen molar-refractivity contribution in [1.82, 2.24) is 20.2 Å². The highest BCUT2D eigenvalue weighted by molar-refractivity contribution is 6.67. The van der Waals surface area contributed by atoms with Crippen LogP contribution in [0.15, 0.2) is 286 Å². The van der Waals surface area contributed by atoms with Crippen LogP contribution >= 0.6 is 0 Å². The van der Waals surface area contributed by atoms with Gasteiger partial charge in [0.15, 0.2) is 14.6 Å². The molecule has 13 rings (SSSR count). The summed E-state index contributed by atoms with van der Waals surface area (Å²) < 4.78 is 46.1. The molecule has 2 N–H and O–H groups in total. The van der Waals surface area contributed by atoms with Crippen molar-refractivity contribution in [1.29, 1.82) is 0 Å². The second kappa shape index (κ2) is 24.8. The number of benzene rings is 8. The van der Waals surface area contributed by atoms with E-state index in [9.17, 15) is 2.74 Å². The number of allylic oxidation sites excluding steroid dienone is 8. The van der Waals surface area contributed by atoms with Gasteiger partial charge in [-0.1, -0.05) is 190 Å². The standard InChI is InChI=1S/C78H68B2N6O/c1-54(2)63-29-20-30-64(55(3)4)76(63)56-48-60(84-53-85(73-37-15-14-36-72(73)84)77-67(69-33-22-45-81-43-18-16-41-79-69)31-21-32-68(77)70-34-23-46-82-44-19-17-42-80-70)51-62(49-56)87-61-38-39-66-65-28-12-13-35-71(65)86(74(66)52-61)75-50-59(40-47-83-75)78(5,57-24-8-6-9-25-57)58-26-10-7-11-27-58/h6-52,54-55,81-82H,53H2,1-5H3/b41-16-,42-17-,43-18-,44-19-,45-22-,46-23-,69-33-,70-34-/i12D,13D,28D,35D. The van der Waals surface area contributed by atoms with Crippen LogP contribution in [0.1, 0.15) is 90.9 Å². The molecule has 87 heavy (non-hydrogen) atoms. The zero-order valence-electron chi connectivity index (χ0n) is 53.5. The normalized spacial score (nSPS) is 18.2. The fraction of sp³-hybridized carbons (Fsp3) is 0.115. The summed E-state index contributed by atoms with van der Waals surface area (Å²) in [6.45, 7) is 11.7. The lowest BCUT2D eigenvalue weighted by molar-refractivity contribution is 0.483. The molecule has 0 fully saturated rings. The number of aromatic nitrogens is 2. The quantitative estimate of drug-likeness (QED) is 0.112. The van der Waals surface area contributed by atoms with Crippen LogP contribution in [0.3, 0.4) is 0 Å². The predicted octanol–water partition coefficient (Wildman–Crippen LogP) is 18.9. The molecular formula is C78H68B2N6O. The highest BCUT2D eigenvalue weighted by atomic mass is 16.5.